The van der Waals surface area contributed by atoms with Crippen molar-refractivity contribution in [3.05, 3.63) is 95.6 Å². The van der Waals surface area contributed by atoms with Crippen molar-refractivity contribution in [1.29, 1.82) is 0 Å². The van der Waals surface area contributed by atoms with Gasteiger partial charge in [-0.25, -0.2) is 8.42 Å². The van der Waals surface area contributed by atoms with Crippen LogP contribution in [0.1, 0.15) is 49.3 Å². The maximum absolute atomic E-state index is 12.9. The van der Waals surface area contributed by atoms with Crippen LogP contribution in [0.15, 0.2) is 83.8 Å². The Kier molecular flexibility index (Phi) is 10.9. The lowest BCUT2D eigenvalue weighted by Gasteiger charge is -2.12. The number of benzene rings is 3. The molecule has 0 saturated carbocycles. The summed E-state index contributed by atoms with van der Waals surface area (Å²) in [5.74, 6) is -0.255. The van der Waals surface area contributed by atoms with Gasteiger partial charge in [-0.15, -0.1) is 0 Å². The first-order valence-electron chi connectivity index (χ1n) is 12.8. The number of anilines is 1. The van der Waals surface area contributed by atoms with Crippen LogP contribution in [0, 0.1) is 0 Å². The number of unbranched alkanes of at least 4 members (excludes halogenated alkanes) is 1. The Morgan fingerprint density at radius 2 is 1.82 bits per heavy atom. The quantitative estimate of drug-likeness (QED) is 0.230. The molecule has 0 heterocycles. The van der Waals surface area contributed by atoms with Crippen LogP contribution in [0.2, 0.25) is 0 Å². The summed E-state index contributed by atoms with van der Waals surface area (Å²) in [7, 11) is -3.73. The van der Waals surface area contributed by atoms with Gasteiger partial charge in [0.1, 0.15) is 5.75 Å². The number of aliphatic hydroxyl groups excluding tert-OH is 1. The average molecular weight is 538 g/mol. The van der Waals surface area contributed by atoms with Gasteiger partial charge in [-0.05, 0) is 66.3 Å². The van der Waals surface area contributed by atoms with E-state index >= 15 is 0 Å². The number of carbonyl (C=O) groups is 1. The lowest BCUT2D eigenvalue weighted by molar-refractivity contribution is -0.136. The second-order valence-corrected chi connectivity index (χ2v) is 10.7. The van der Waals surface area contributed by atoms with Gasteiger partial charge in [-0.2, -0.15) is 0 Å². The number of aliphatic carboxylic acids is 1. The van der Waals surface area contributed by atoms with Crippen LogP contribution < -0.4 is 9.46 Å². The zero-order valence-corrected chi connectivity index (χ0v) is 22.4. The van der Waals surface area contributed by atoms with Crippen molar-refractivity contribution in [2.24, 2.45) is 0 Å². The highest BCUT2D eigenvalue weighted by Gasteiger charge is 2.15. The highest BCUT2D eigenvalue weighted by atomic mass is 32.2. The number of rotatable bonds is 15. The van der Waals surface area contributed by atoms with E-state index in [0.717, 1.165) is 36.0 Å². The Bertz CT molecular complexity index is 1340. The molecule has 3 aromatic rings. The minimum absolute atomic E-state index is 0.0201. The monoisotopic (exact) mass is 537 g/mol. The van der Waals surface area contributed by atoms with E-state index in [1.165, 1.54) is 0 Å². The minimum Gasteiger partial charge on any atom is -0.493 e. The first-order chi connectivity index (χ1) is 18.3. The molecule has 8 heteroatoms. The van der Waals surface area contributed by atoms with E-state index in [2.05, 4.69) is 11.6 Å². The molecule has 7 nitrogen and oxygen atoms in total. The average Bonchev–Trinajstić information content (AvgIpc) is 2.90. The maximum Gasteiger partial charge on any atom is 0.303 e. The zero-order chi connectivity index (χ0) is 27.4. The number of hydrogen-bond donors (Lipinski definition) is 3. The van der Waals surface area contributed by atoms with E-state index in [9.17, 15) is 18.3 Å². The van der Waals surface area contributed by atoms with Gasteiger partial charge in [-0.3, -0.25) is 9.52 Å². The second-order valence-electron chi connectivity index (χ2n) is 9.05. The summed E-state index contributed by atoms with van der Waals surface area (Å²) in [5, 5.41) is 19.3. The summed E-state index contributed by atoms with van der Waals surface area (Å²) in [6.45, 7) is 2.36. The van der Waals surface area contributed by atoms with E-state index in [0.29, 0.717) is 24.3 Å². The summed E-state index contributed by atoms with van der Waals surface area (Å²) in [6, 6.07) is 21.2. The summed E-state index contributed by atoms with van der Waals surface area (Å²) >= 11 is 0. The molecule has 0 saturated heterocycles. The predicted molar refractivity (Wildman–Crippen MR) is 150 cm³/mol. The van der Waals surface area contributed by atoms with Crippen LogP contribution in [0.5, 0.6) is 5.75 Å². The summed E-state index contributed by atoms with van der Waals surface area (Å²) in [5.41, 5.74) is 2.97. The molecule has 0 aliphatic heterocycles. The van der Waals surface area contributed by atoms with Crippen LogP contribution in [-0.4, -0.2) is 37.3 Å². The lowest BCUT2D eigenvalue weighted by Crippen LogP contribution is -2.13. The van der Waals surface area contributed by atoms with Crippen LogP contribution in [0.4, 0.5) is 5.69 Å². The molecule has 0 aliphatic rings. The van der Waals surface area contributed by atoms with Crippen molar-refractivity contribution in [3.8, 4) is 5.75 Å². The number of ether oxygens (including phenoxy) is 1. The predicted octanol–water partition coefficient (Wildman–Crippen LogP) is 5.69. The number of carboxylic acid groups (broad SMARTS) is 1. The van der Waals surface area contributed by atoms with Crippen molar-refractivity contribution in [2.75, 3.05) is 11.3 Å². The minimum atomic E-state index is -3.73. The Morgan fingerprint density at radius 3 is 2.61 bits per heavy atom. The van der Waals surface area contributed by atoms with Crippen LogP contribution in [0.3, 0.4) is 0 Å². The number of aryl methyl sites for hydroxylation is 2. The van der Waals surface area contributed by atoms with Gasteiger partial charge in [0.2, 0.25) is 0 Å². The van der Waals surface area contributed by atoms with E-state index < -0.39 is 22.1 Å². The molecule has 38 heavy (non-hydrogen) atoms. The molecule has 0 aliphatic carbocycles. The molecule has 0 spiro atoms. The van der Waals surface area contributed by atoms with E-state index in [1.807, 2.05) is 30.3 Å². The molecule has 0 bridgehead atoms. The van der Waals surface area contributed by atoms with E-state index in [-0.39, 0.29) is 17.9 Å². The van der Waals surface area contributed by atoms with Crippen LogP contribution in [0.25, 0.3) is 6.08 Å². The van der Waals surface area contributed by atoms with E-state index in [1.54, 1.807) is 54.6 Å². The number of carboxylic acids is 1. The van der Waals surface area contributed by atoms with Gasteiger partial charge in [0.05, 0.1) is 17.6 Å². The first kappa shape index (κ1) is 28.9. The number of sulfonamides is 1. The third-order valence-electron chi connectivity index (χ3n) is 5.93. The van der Waals surface area contributed by atoms with E-state index in [4.69, 9.17) is 9.84 Å². The Balaban J connectivity index is 1.56. The SMILES string of the molecule is CCCCc1cccc(S(=O)(=O)Nc2cccc(/C=C/C(O)CCOc3ccccc3CCC(=O)O)c2)c1. The first-order valence-corrected chi connectivity index (χ1v) is 14.3. The fourth-order valence-corrected chi connectivity index (χ4v) is 4.99. The van der Waals surface area contributed by atoms with Crippen molar-refractivity contribution in [2.45, 2.75) is 56.4 Å². The molecule has 1 unspecified atom stereocenters. The number of aliphatic hydroxyl groups is 1. The summed E-state index contributed by atoms with van der Waals surface area (Å²) in [4.78, 5) is 11.1. The fourth-order valence-electron chi connectivity index (χ4n) is 3.87. The third kappa shape index (κ3) is 9.36. The topological polar surface area (TPSA) is 113 Å². The number of hydrogen-bond acceptors (Lipinski definition) is 5. The Morgan fingerprint density at radius 1 is 1.03 bits per heavy atom. The highest BCUT2D eigenvalue weighted by molar-refractivity contribution is 7.92. The molecule has 3 N–H and O–H groups in total. The number of para-hydroxylation sites is 1. The molecule has 3 aromatic carbocycles. The van der Waals surface area contributed by atoms with Gasteiger partial charge >= 0.3 is 5.97 Å². The molecule has 202 valence electrons. The molecular weight excluding hydrogens is 502 g/mol. The van der Waals surface area contributed by atoms with Crippen molar-refractivity contribution >= 4 is 27.8 Å². The van der Waals surface area contributed by atoms with Crippen molar-refractivity contribution < 1.29 is 28.2 Å². The molecule has 0 fully saturated rings. The normalized spacial score (nSPS) is 12.4. The van der Waals surface area contributed by atoms with Gasteiger partial charge in [0.25, 0.3) is 10.0 Å². The fraction of sp³-hybridized carbons (Fsp3) is 0.300. The smallest absolute Gasteiger partial charge is 0.303 e. The van der Waals surface area contributed by atoms with Gasteiger partial charge in [0.15, 0.2) is 0 Å². The largest absolute Gasteiger partial charge is 0.493 e. The van der Waals surface area contributed by atoms with Crippen LogP contribution in [-0.2, 0) is 27.7 Å². The molecule has 0 aromatic heterocycles. The summed E-state index contributed by atoms with van der Waals surface area (Å²) in [6.07, 6.45) is 6.20. The van der Waals surface area contributed by atoms with Crippen LogP contribution >= 0.6 is 0 Å². The molecule has 3 rings (SSSR count). The second kappa shape index (κ2) is 14.4. The highest BCUT2D eigenvalue weighted by Crippen LogP contribution is 2.21. The zero-order valence-electron chi connectivity index (χ0n) is 21.5. The standard InChI is InChI=1S/C30H35NO6S/c1-2-3-8-23-10-7-13-28(22-23)38(35,36)31-26-12-6-9-24(21-26)15-17-27(32)19-20-37-29-14-5-4-11-25(29)16-18-30(33)34/h4-7,9-15,17,21-22,27,31-32H,2-3,8,16,18-20H2,1H3,(H,33,34)/b17-15+. The number of nitrogens with one attached hydrogen (secondary N) is 1. The van der Waals surface area contributed by atoms with Gasteiger partial charge in [0, 0.05) is 18.5 Å². The molecular formula is C30H35NO6S. The molecule has 0 radical (unpaired) electrons. The van der Waals surface area contributed by atoms with Gasteiger partial charge < -0.3 is 14.9 Å². The third-order valence-corrected chi connectivity index (χ3v) is 7.31. The summed E-state index contributed by atoms with van der Waals surface area (Å²) < 4.78 is 34.3. The molecule has 0 amide bonds. The van der Waals surface area contributed by atoms with Crippen molar-refractivity contribution in [1.82, 2.24) is 0 Å². The lowest BCUT2D eigenvalue weighted by atomic mass is 10.1. The van der Waals surface area contributed by atoms with Crippen molar-refractivity contribution in [3.63, 3.8) is 0 Å². The Labute approximate surface area is 224 Å². The molecule has 1 atom stereocenters. The maximum atomic E-state index is 12.9. The van der Waals surface area contributed by atoms with Gasteiger partial charge in [-0.1, -0.05) is 68.0 Å². The Hall–Kier alpha value is -3.62.